The molecule has 3 rings (SSSR count). The van der Waals surface area contributed by atoms with E-state index in [0.717, 1.165) is 11.8 Å². The molecule has 12 nitrogen and oxygen atoms in total. The molecule has 0 radical (unpaired) electrons. The van der Waals surface area contributed by atoms with Crippen LogP contribution in [-0.2, 0) is 23.2 Å². The number of aromatic nitrogens is 4. The number of hydrogen-bond donors (Lipinski definition) is 3. The Kier molecular flexibility index (Phi) is 9.18. The zero-order valence-electron chi connectivity index (χ0n) is 20.4. The maximum absolute atomic E-state index is 13.3. The van der Waals surface area contributed by atoms with Crippen LogP contribution >= 0.6 is 31.1 Å². The first-order chi connectivity index (χ1) is 16.8. The molecular weight excluding hydrogens is 531 g/mol. The number of halogens is 1. The number of carboxylic acid groups (broad SMARTS) is 1. The minimum atomic E-state index is -3.98. The van der Waals surface area contributed by atoms with Crippen LogP contribution in [0.2, 0.25) is 5.15 Å². The number of thioether (sulfide) groups is 1. The second kappa shape index (κ2) is 11.6. The zero-order chi connectivity index (χ0) is 26.7. The van der Waals surface area contributed by atoms with Gasteiger partial charge in [0.15, 0.2) is 15.9 Å². The van der Waals surface area contributed by atoms with Crippen molar-refractivity contribution in [3.63, 3.8) is 0 Å². The van der Waals surface area contributed by atoms with Crippen LogP contribution in [0.3, 0.4) is 0 Å². The largest absolute Gasteiger partial charge is 0.480 e. The lowest BCUT2D eigenvalue weighted by Gasteiger charge is -2.23. The van der Waals surface area contributed by atoms with Gasteiger partial charge in [0.25, 0.3) is 0 Å². The quantitative estimate of drug-likeness (QED) is 0.158. The summed E-state index contributed by atoms with van der Waals surface area (Å²) in [6.07, 6.45) is 6.03. The summed E-state index contributed by atoms with van der Waals surface area (Å²) in [4.78, 5) is 35.8. The third kappa shape index (κ3) is 7.27. The topological polar surface area (TPSA) is 172 Å². The maximum atomic E-state index is 13.3. The average Bonchev–Trinajstić information content (AvgIpc) is 3.41. The van der Waals surface area contributed by atoms with Crippen LogP contribution in [0.1, 0.15) is 40.2 Å². The van der Waals surface area contributed by atoms with Crippen molar-refractivity contribution in [2.24, 2.45) is 11.3 Å². The Morgan fingerprint density at radius 1 is 1.36 bits per heavy atom. The van der Waals surface area contributed by atoms with Gasteiger partial charge < -0.3 is 15.4 Å². The van der Waals surface area contributed by atoms with Crippen molar-refractivity contribution < 1.29 is 28.3 Å². The van der Waals surface area contributed by atoms with Crippen LogP contribution in [0, 0.1) is 11.3 Å². The van der Waals surface area contributed by atoms with E-state index in [2.05, 4.69) is 20.0 Å². The monoisotopic (exact) mass is 560 g/mol. The fraction of sp³-hybridized carbons (Fsp3) is 0.571. The van der Waals surface area contributed by atoms with Gasteiger partial charge in [0.2, 0.25) is 5.95 Å². The molecule has 198 valence electrons. The molecule has 2 unspecified atom stereocenters. The fourth-order valence-electron chi connectivity index (χ4n) is 3.33. The van der Waals surface area contributed by atoms with Gasteiger partial charge in [-0.25, -0.2) is 14.6 Å². The minimum Gasteiger partial charge on any atom is -0.480 e. The van der Waals surface area contributed by atoms with Crippen molar-refractivity contribution in [2.45, 2.75) is 46.2 Å². The van der Waals surface area contributed by atoms with E-state index < -0.39 is 25.2 Å². The average molecular weight is 561 g/mol. The van der Waals surface area contributed by atoms with E-state index in [1.165, 1.54) is 6.92 Å². The van der Waals surface area contributed by atoms with Gasteiger partial charge in [-0.2, -0.15) is 9.97 Å². The molecule has 0 spiro atoms. The van der Waals surface area contributed by atoms with Crippen molar-refractivity contribution >= 4 is 59.3 Å². The summed E-state index contributed by atoms with van der Waals surface area (Å²) in [6.45, 7) is 6.71. The second-order valence-electron chi connectivity index (χ2n) is 9.35. The standard InChI is InChI=1S/C21H30ClN6O6PS/c1-12(18(29)30)27-35(32,33-7-8-36-19(31)21(2,3)4)34-10-13-5-6-14(9-13)28-11-24-15-16(22)25-20(23)26-17(15)28/h5-6,11-14H,7-10H2,1-4H3,(H,27,32)(H,29,30)(H2,23,25,26)/t12?,13-,14+,35?/m1/s1. The molecular formula is C21H30ClN6O6PS. The number of nitrogens with two attached hydrogens (primary N) is 1. The number of nitrogens with one attached hydrogen (secondary N) is 1. The highest BCUT2D eigenvalue weighted by Gasteiger charge is 2.32. The predicted molar refractivity (Wildman–Crippen MR) is 138 cm³/mol. The summed E-state index contributed by atoms with van der Waals surface area (Å²) in [6, 6.07) is -1.29. The lowest BCUT2D eigenvalue weighted by atomic mass is 10.00. The van der Waals surface area contributed by atoms with Gasteiger partial charge in [-0.1, -0.05) is 56.3 Å². The maximum Gasteiger partial charge on any atom is 0.406 e. The van der Waals surface area contributed by atoms with Crippen LogP contribution in [0.15, 0.2) is 18.5 Å². The molecule has 0 saturated carbocycles. The Bertz CT molecular complexity index is 1200. The van der Waals surface area contributed by atoms with Crippen LogP contribution in [0.5, 0.6) is 0 Å². The van der Waals surface area contributed by atoms with Gasteiger partial charge in [0.05, 0.1) is 25.6 Å². The highest BCUT2D eigenvalue weighted by Crippen LogP contribution is 2.46. The van der Waals surface area contributed by atoms with E-state index in [0.29, 0.717) is 17.6 Å². The van der Waals surface area contributed by atoms with Crippen LogP contribution in [0.25, 0.3) is 11.2 Å². The van der Waals surface area contributed by atoms with Crippen molar-refractivity contribution in [3.05, 3.63) is 23.6 Å². The van der Waals surface area contributed by atoms with Crippen molar-refractivity contribution in [1.82, 2.24) is 24.6 Å². The van der Waals surface area contributed by atoms with Gasteiger partial charge >= 0.3 is 13.7 Å². The van der Waals surface area contributed by atoms with Crippen LogP contribution < -0.4 is 10.8 Å². The Labute approximate surface area is 218 Å². The molecule has 2 heterocycles. The summed E-state index contributed by atoms with van der Waals surface area (Å²) in [7, 11) is -3.98. The predicted octanol–water partition coefficient (Wildman–Crippen LogP) is 3.69. The summed E-state index contributed by atoms with van der Waals surface area (Å²) < 4.78 is 26.2. The number of nitrogens with zero attached hydrogens (tertiary/aromatic N) is 4. The number of carbonyl (C=O) groups excluding carboxylic acids is 1. The molecule has 2 aromatic rings. The molecule has 15 heteroatoms. The zero-order valence-corrected chi connectivity index (χ0v) is 22.8. The first-order valence-electron chi connectivity index (χ1n) is 11.2. The van der Waals surface area contributed by atoms with E-state index >= 15 is 0 Å². The van der Waals surface area contributed by atoms with E-state index in [1.807, 2.05) is 16.7 Å². The number of allylic oxidation sites excluding steroid dienone is 1. The molecule has 0 fully saturated rings. The third-order valence-corrected chi connectivity index (χ3v) is 8.50. The number of nitrogen functional groups attached to an aromatic ring is 1. The molecule has 0 bridgehead atoms. The first-order valence-corrected chi connectivity index (χ1v) is 14.1. The summed E-state index contributed by atoms with van der Waals surface area (Å²) in [5, 5.41) is 11.8. The normalized spacial score (nSPS) is 20.5. The number of imidazole rings is 1. The second-order valence-corrected chi connectivity index (χ2v) is 12.5. The van der Waals surface area contributed by atoms with Gasteiger partial charge in [-0.15, -0.1) is 0 Å². The SMILES string of the molecule is CC(NP(=O)(OCCSC(=O)C(C)(C)C)OC[C@@H]1C=C[C@H](n2cnc3c(Cl)nc(N)nc32)C1)C(=O)O. The summed E-state index contributed by atoms with van der Waals surface area (Å²) in [5.41, 5.74) is 6.14. The van der Waals surface area contributed by atoms with E-state index in [-0.39, 0.29) is 47.1 Å². The number of anilines is 1. The number of carboxylic acids is 1. The lowest BCUT2D eigenvalue weighted by molar-refractivity contribution is -0.138. The molecule has 36 heavy (non-hydrogen) atoms. The molecule has 1 aliphatic carbocycles. The smallest absolute Gasteiger partial charge is 0.406 e. The Hall–Kier alpha value is -2.02. The molecule has 0 aromatic carbocycles. The van der Waals surface area contributed by atoms with Crippen LogP contribution in [0.4, 0.5) is 5.95 Å². The molecule has 2 aromatic heterocycles. The Morgan fingerprint density at radius 2 is 2.08 bits per heavy atom. The number of hydrogen-bond acceptors (Lipinski definition) is 10. The number of aliphatic carboxylic acids is 1. The van der Waals surface area contributed by atoms with Gasteiger partial charge in [0, 0.05) is 17.1 Å². The molecule has 4 N–H and O–H groups in total. The summed E-state index contributed by atoms with van der Waals surface area (Å²) >= 11 is 7.17. The van der Waals surface area contributed by atoms with Crippen LogP contribution in [-0.4, -0.2) is 60.7 Å². The fourth-order valence-corrected chi connectivity index (χ4v) is 5.99. The highest BCUT2D eigenvalue weighted by molar-refractivity contribution is 8.13. The van der Waals surface area contributed by atoms with E-state index in [9.17, 15) is 19.3 Å². The molecule has 0 aliphatic heterocycles. The number of rotatable bonds is 11. The molecule has 0 saturated heterocycles. The highest BCUT2D eigenvalue weighted by atomic mass is 35.5. The minimum absolute atomic E-state index is 0.0161. The Morgan fingerprint density at radius 3 is 2.75 bits per heavy atom. The van der Waals surface area contributed by atoms with E-state index in [4.69, 9.17) is 26.4 Å². The number of carbonyl (C=O) groups is 2. The lowest BCUT2D eigenvalue weighted by Crippen LogP contribution is -2.33. The van der Waals surface area contributed by atoms with Crippen molar-refractivity contribution in [3.8, 4) is 0 Å². The molecule has 1 aliphatic rings. The van der Waals surface area contributed by atoms with Gasteiger partial charge in [-0.05, 0) is 13.3 Å². The van der Waals surface area contributed by atoms with Gasteiger partial charge in [0.1, 0.15) is 11.6 Å². The van der Waals surface area contributed by atoms with Crippen molar-refractivity contribution in [1.29, 1.82) is 0 Å². The Balaban J connectivity index is 1.61. The van der Waals surface area contributed by atoms with E-state index in [1.54, 1.807) is 27.1 Å². The third-order valence-electron chi connectivity index (χ3n) is 5.27. The number of fused-ring (bicyclic) bond motifs is 1. The summed E-state index contributed by atoms with van der Waals surface area (Å²) in [5.74, 6) is -1.06. The van der Waals surface area contributed by atoms with Gasteiger partial charge in [-0.3, -0.25) is 18.6 Å². The molecule has 0 amide bonds. The van der Waals surface area contributed by atoms with Crippen molar-refractivity contribution in [2.75, 3.05) is 24.7 Å². The molecule has 4 atom stereocenters. The first kappa shape index (κ1) is 28.5.